The molecule has 0 aliphatic carbocycles. The van der Waals surface area contributed by atoms with Gasteiger partial charge in [0.1, 0.15) is 12.4 Å². The van der Waals surface area contributed by atoms with Crippen molar-refractivity contribution in [3.8, 4) is 0 Å². The summed E-state index contributed by atoms with van der Waals surface area (Å²) in [5.41, 5.74) is -0.150. The van der Waals surface area contributed by atoms with Crippen LogP contribution in [0.15, 0.2) is 47.4 Å². The Morgan fingerprint density at radius 1 is 1.33 bits per heavy atom. The van der Waals surface area contributed by atoms with Crippen LogP contribution in [0, 0.1) is 15.9 Å². The van der Waals surface area contributed by atoms with Crippen molar-refractivity contribution >= 4 is 11.6 Å². The van der Waals surface area contributed by atoms with Gasteiger partial charge in [-0.3, -0.25) is 24.3 Å². The van der Waals surface area contributed by atoms with Gasteiger partial charge in [-0.2, -0.15) is 0 Å². The molecule has 2 aromatic rings. The largest absolute Gasteiger partial charge is 0.337 e. The maximum absolute atomic E-state index is 13.2. The van der Waals surface area contributed by atoms with Crippen LogP contribution >= 0.6 is 0 Å². The molecule has 0 radical (unpaired) electrons. The number of pyridine rings is 1. The lowest BCUT2D eigenvalue weighted by atomic mass is 10.2. The van der Waals surface area contributed by atoms with Crippen molar-refractivity contribution in [3.63, 3.8) is 0 Å². The summed E-state index contributed by atoms with van der Waals surface area (Å²) in [5, 5.41) is 10.8. The molecule has 0 fully saturated rings. The van der Waals surface area contributed by atoms with E-state index in [2.05, 4.69) is 0 Å². The van der Waals surface area contributed by atoms with Crippen LogP contribution in [-0.2, 0) is 17.9 Å². The molecular weight excluding hydrogens is 317 g/mol. The van der Waals surface area contributed by atoms with Gasteiger partial charge < -0.3 is 4.90 Å². The van der Waals surface area contributed by atoms with Crippen LogP contribution in [0.2, 0.25) is 0 Å². The smallest absolute Gasteiger partial charge is 0.285 e. The van der Waals surface area contributed by atoms with Gasteiger partial charge in [0.2, 0.25) is 5.91 Å². The third-order valence-electron chi connectivity index (χ3n) is 3.48. The molecule has 0 saturated carbocycles. The lowest BCUT2D eigenvalue weighted by Crippen LogP contribution is -2.35. The summed E-state index contributed by atoms with van der Waals surface area (Å²) in [6.07, 6.45) is 1.04. The van der Waals surface area contributed by atoms with E-state index in [1.807, 2.05) is 0 Å². The quantitative estimate of drug-likeness (QED) is 0.597. The van der Waals surface area contributed by atoms with Gasteiger partial charge in [-0.25, -0.2) is 4.39 Å². The fourth-order valence-electron chi connectivity index (χ4n) is 2.23. The van der Waals surface area contributed by atoms with Gasteiger partial charge in [-0.05, 0) is 24.6 Å². The van der Waals surface area contributed by atoms with Gasteiger partial charge in [0.25, 0.3) is 11.2 Å². The van der Waals surface area contributed by atoms with E-state index in [1.54, 1.807) is 19.1 Å². The molecule has 0 bridgehead atoms. The monoisotopic (exact) mass is 333 g/mol. The van der Waals surface area contributed by atoms with Crippen LogP contribution in [0.3, 0.4) is 0 Å². The average Bonchev–Trinajstić information content (AvgIpc) is 2.54. The summed E-state index contributed by atoms with van der Waals surface area (Å²) < 4.78 is 14.2. The third kappa shape index (κ3) is 4.25. The Labute approximate surface area is 137 Å². The third-order valence-corrected chi connectivity index (χ3v) is 3.48. The molecule has 7 nitrogen and oxygen atoms in total. The zero-order chi connectivity index (χ0) is 17.7. The molecule has 24 heavy (non-hydrogen) atoms. The van der Waals surface area contributed by atoms with E-state index in [9.17, 15) is 24.1 Å². The first-order chi connectivity index (χ1) is 11.4. The number of halogens is 1. The van der Waals surface area contributed by atoms with Gasteiger partial charge in [0.15, 0.2) is 0 Å². The predicted octanol–water partition coefficient (Wildman–Crippen LogP) is 1.94. The van der Waals surface area contributed by atoms with Crippen molar-refractivity contribution in [3.05, 3.63) is 74.4 Å². The maximum atomic E-state index is 13.2. The number of nitro groups is 1. The number of hydrogen-bond donors (Lipinski definition) is 0. The van der Waals surface area contributed by atoms with E-state index < -0.39 is 16.3 Å². The molecule has 0 atom stereocenters. The van der Waals surface area contributed by atoms with Crippen LogP contribution in [0.5, 0.6) is 0 Å². The van der Waals surface area contributed by atoms with Gasteiger partial charge in [-0.15, -0.1) is 0 Å². The molecule has 0 aliphatic heterocycles. The van der Waals surface area contributed by atoms with Crippen molar-refractivity contribution < 1.29 is 14.1 Å². The molecule has 1 amide bonds. The Hall–Kier alpha value is -3.03. The highest BCUT2D eigenvalue weighted by molar-refractivity contribution is 5.76. The van der Waals surface area contributed by atoms with Crippen LogP contribution in [0.1, 0.15) is 12.5 Å². The van der Waals surface area contributed by atoms with Crippen LogP contribution in [-0.4, -0.2) is 26.8 Å². The standard InChI is InChI=1S/C16H16FN3O4/c1-2-18(9-12-4-3-5-13(17)8-12)16(22)11-19-10-14(20(23)24)6-7-15(19)21/h3-8,10H,2,9,11H2,1H3. The molecule has 0 unspecified atom stereocenters. The molecule has 0 saturated heterocycles. The first-order valence-electron chi connectivity index (χ1n) is 7.28. The first kappa shape index (κ1) is 17.3. The van der Waals surface area contributed by atoms with Crippen molar-refractivity contribution in [2.75, 3.05) is 6.54 Å². The van der Waals surface area contributed by atoms with E-state index in [1.165, 1.54) is 17.0 Å². The maximum Gasteiger partial charge on any atom is 0.285 e. The molecule has 0 aliphatic rings. The second-order valence-corrected chi connectivity index (χ2v) is 5.15. The van der Waals surface area contributed by atoms with Crippen molar-refractivity contribution in [1.82, 2.24) is 9.47 Å². The summed E-state index contributed by atoms with van der Waals surface area (Å²) >= 11 is 0. The molecule has 1 aromatic heterocycles. The van der Waals surface area contributed by atoms with Crippen LogP contribution in [0.25, 0.3) is 0 Å². The Kier molecular flexibility index (Phi) is 5.41. The van der Waals surface area contributed by atoms with Crippen molar-refractivity contribution in [2.24, 2.45) is 0 Å². The molecule has 0 N–H and O–H groups in total. The summed E-state index contributed by atoms with van der Waals surface area (Å²) in [5.74, 6) is -0.782. The van der Waals surface area contributed by atoms with E-state index in [0.29, 0.717) is 12.1 Å². The Balaban J connectivity index is 2.16. The number of amides is 1. The van der Waals surface area contributed by atoms with E-state index >= 15 is 0 Å². The predicted molar refractivity (Wildman–Crippen MR) is 84.8 cm³/mol. The fourth-order valence-corrected chi connectivity index (χ4v) is 2.23. The zero-order valence-electron chi connectivity index (χ0n) is 13.0. The number of likely N-dealkylation sites (N-methyl/N-ethyl adjacent to an activating group) is 1. The molecule has 0 spiro atoms. The van der Waals surface area contributed by atoms with Gasteiger partial charge in [0, 0.05) is 25.2 Å². The van der Waals surface area contributed by atoms with Gasteiger partial charge in [0.05, 0.1) is 11.1 Å². The van der Waals surface area contributed by atoms with E-state index in [-0.39, 0.29) is 24.7 Å². The topological polar surface area (TPSA) is 85.4 Å². The minimum atomic E-state index is -0.634. The molecule has 2 rings (SSSR count). The Morgan fingerprint density at radius 3 is 2.71 bits per heavy atom. The van der Waals surface area contributed by atoms with E-state index in [0.717, 1.165) is 22.9 Å². The minimum absolute atomic E-state index is 0.191. The highest BCUT2D eigenvalue weighted by Gasteiger charge is 2.16. The molecule has 8 heteroatoms. The summed E-state index contributed by atoms with van der Waals surface area (Å²) in [4.78, 5) is 35.7. The lowest BCUT2D eigenvalue weighted by molar-refractivity contribution is -0.385. The van der Waals surface area contributed by atoms with Crippen LogP contribution < -0.4 is 5.56 Å². The Bertz CT molecular complexity index is 819. The number of carbonyl (C=O) groups is 1. The van der Waals surface area contributed by atoms with Gasteiger partial charge >= 0.3 is 0 Å². The average molecular weight is 333 g/mol. The lowest BCUT2D eigenvalue weighted by Gasteiger charge is -2.21. The number of benzene rings is 1. The minimum Gasteiger partial charge on any atom is -0.337 e. The second kappa shape index (κ2) is 7.49. The molecular formula is C16H16FN3O4. The first-order valence-corrected chi connectivity index (χ1v) is 7.28. The number of rotatable bonds is 6. The SMILES string of the molecule is CCN(Cc1cccc(F)c1)C(=O)Cn1cc([N+](=O)[O-])ccc1=O. The summed E-state index contributed by atoms with van der Waals surface area (Å²) in [6, 6.07) is 8.02. The zero-order valence-corrected chi connectivity index (χ0v) is 13.0. The highest BCUT2D eigenvalue weighted by Crippen LogP contribution is 2.09. The highest BCUT2D eigenvalue weighted by atomic mass is 19.1. The normalized spacial score (nSPS) is 10.4. The van der Waals surface area contributed by atoms with Gasteiger partial charge in [-0.1, -0.05) is 12.1 Å². The van der Waals surface area contributed by atoms with Crippen molar-refractivity contribution in [2.45, 2.75) is 20.0 Å². The number of hydrogen-bond acceptors (Lipinski definition) is 4. The van der Waals surface area contributed by atoms with Crippen molar-refractivity contribution in [1.29, 1.82) is 0 Å². The van der Waals surface area contributed by atoms with Crippen LogP contribution in [0.4, 0.5) is 10.1 Å². The van der Waals surface area contributed by atoms with E-state index in [4.69, 9.17) is 0 Å². The molecule has 1 heterocycles. The Morgan fingerprint density at radius 2 is 2.08 bits per heavy atom. The summed E-state index contributed by atoms with van der Waals surface area (Å²) in [6.45, 7) is 1.99. The molecule has 126 valence electrons. The summed E-state index contributed by atoms with van der Waals surface area (Å²) in [7, 11) is 0. The molecule has 1 aromatic carbocycles. The number of nitrogens with zero attached hydrogens (tertiary/aromatic N) is 3. The fraction of sp³-hybridized carbons (Fsp3) is 0.250. The second-order valence-electron chi connectivity index (χ2n) is 5.15. The number of aromatic nitrogens is 1. The number of carbonyl (C=O) groups excluding carboxylic acids is 1.